The van der Waals surface area contributed by atoms with Gasteiger partial charge in [-0.05, 0) is 24.5 Å². The second kappa shape index (κ2) is 11.6. The molecule has 24 heavy (non-hydrogen) atoms. The highest BCUT2D eigenvalue weighted by Crippen LogP contribution is 2.32. The second-order valence-electron chi connectivity index (χ2n) is 7.16. The van der Waals surface area contributed by atoms with Crippen LogP contribution in [0.25, 0.3) is 0 Å². The summed E-state index contributed by atoms with van der Waals surface area (Å²) in [7, 11) is 0. The van der Waals surface area contributed by atoms with Gasteiger partial charge in [0.2, 0.25) is 0 Å². The topological polar surface area (TPSA) is 25.4 Å². The van der Waals surface area contributed by atoms with Crippen molar-refractivity contribution in [1.82, 2.24) is 9.88 Å². The summed E-state index contributed by atoms with van der Waals surface area (Å²) >= 11 is 0. The number of pyridine rings is 1. The molecule has 1 saturated heterocycles. The van der Waals surface area contributed by atoms with Gasteiger partial charge in [-0.2, -0.15) is 0 Å². The van der Waals surface area contributed by atoms with Crippen LogP contribution in [0.3, 0.4) is 0 Å². The molecule has 1 aliphatic rings. The fourth-order valence-electron chi connectivity index (χ4n) is 3.79. The van der Waals surface area contributed by atoms with Crippen molar-refractivity contribution in [2.24, 2.45) is 5.92 Å². The molecule has 2 atom stereocenters. The van der Waals surface area contributed by atoms with Crippen LogP contribution >= 0.6 is 0 Å². The normalized spacial score (nSPS) is 18.4. The average Bonchev–Trinajstić information content (AvgIpc) is 2.65. The van der Waals surface area contributed by atoms with Crippen LogP contribution in [0.4, 0.5) is 0 Å². The van der Waals surface area contributed by atoms with Crippen molar-refractivity contribution in [3.63, 3.8) is 0 Å². The van der Waals surface area contributed by atoms with Crippen molar-refractivity contribution < 1.29 is 4.74 Å². The highest BCUT2D eigenvalue weighted by atomic mass is 16.5. The van der Waals surface area contributed by atoms with E-state index in [1.54, 1.807) is 0 Å². The van der Waals surface area contributed by atoms with Gasteiger partial charge in [0.1, 0.15) is 0 Å². The first-order valence-electron chi connectivity index (χ1n) is 10.1. The summed E-state index contributed by atoms with van der Waals surface area (Å²) in [5.41, 5.74) is 1.25. The number of hydrogen-bond donors (Lipinski definition) is 0. The van der Waals surface area contributed by atoms with Crippen molar-refractivity contribution in [2.45, 2.75) is 71.3 Å². The van der Waals surface area contributed by atoms with E-state index >= 15 is 0 Å². The first kappa shape index (κ1) is 19.4. The molecule has 0 saturated carbocycles. The monoisotopic (exact) mass is 332 g/mol. The van der Waals surface area contributed by atoms with Crippen LogP contribution in [-0.2, 0) is 4.74 Å². The summed E-state index contributed by atoms with van der Waals surface area (Å²) in [4.78, 5) is 7.30. The van der Waals surface area contributed by atoms with Gasteiger partial charge >= 0.3 is 0 Å². The fraction of sp³-hybridized carbons (Fsp3) is 0.762. The molecule has 136 valence electrons. The average molecular weight is 333 g/mol. The Balaban J connectivity index is 2.05. The maximum absolute atomic E-state index is 5.57. The molecule has 2 heterocycles. The minimum atomic E-state index is 0.457. The largest absolute Gasteiger partial charge is 0.379 e. The molecule has 1 aliphatic heterocycles. The summed E-state index contributed by atoms with van der Waals surface area (Å²) in [6, 6.07) is 6.82. The van der Waals surface area contributed by atoms with Crippen LogP contribution in [-0.4, -0.2) is 36.2 Å². The standard InChI is InChI=1S/C21H36N2O/c1-3-5-7-11-19(10-6-4-2)18-21(20-12-8-9-13-22-20)23-14-16-24-17-15-23/h8-9,12-13,19,21H,3-7,10-11,14-18H2,1-2H3. The molecule has 0 N–H and O–H groups in total. The van der Waals surface area contributed by atoms with Gasteiger partial charge in [-0.3, -0.25) is 9.88 Å². The van der Waals surface area contributed by atoms with Gasteiger partial charge in [0.15, 0.2) is 0 Å². The Morgan fingerprint density at radius 3 is 2.46 bits per heavy atom. The SMILES string of the molecule is CCCCCC(CCCC)CC(c1ccccn1)N1CCOCC1. The molecule has 0 aromatic carbocycles. The minimum Gasteiger partial charge on any atom is -0.379 e. The van der Waals surface area contributed by atoms with Crippen LogP contribution in [0.15, 0.2) is 24.4 Å². The van der Waals surface area contributed by atoms with Crippen molar-refractivity contribution in [3.05, 3.63) is 30.1 Å². The molecule has 3 heteroatoms. The zero-order valence-electron chi connectivity index (χ0n) is 15.8. The van der Waals surface area contributed by atoms with Crippen molar-refractivity contribution in [2.75, 3.05) is 26.3 Å². The quantitative estimate of drug-likeness (QED) is 0.519. The molecule has 0 amide bonds. The molecular weight excluding hydrogens is 296 g/mol. The lowest BCUT2D eigenvalue weighted by molar-refractivity contribution is 0.00887. The summed E-state index contributed by atoms with van der Waals surface area (Å²) in [5, 5.41) is 0. The predicted octanol–water partition coefficient (Wildman–Crippen LogP) is 5.23. The fourth-order valence-corrected chi connectivity index (χ4v) is 3.79. The zero-order valence-corrected chi connectivity index (χ0v) is 15.8. The summed E-state index contributed by atoms with van der Waals surface area (Å²) in [6.45, 7) is 8.40. The number of hydrogen-bond acceptors (Lipinski definition) is 3. The molecule has 0 spiro atoms. The van der Waals surface area contributed by atoms with E-state index in [2.05, 4.69) is 30.9 Å². The predicted molar refractivity (Wildman–Crippen MR) is 101 cm³/mol. The Hall–Kier alpha value is -0.930. The van der Waals surface area contributed by atoms with Gasteiger partial charge < -0.3 is 4.74 Å². The number of morpholine rings is 1. The molecule has 1 fully saturated rings. The number of aromatic nitrogens is 1. The Morgan fingerprint density at radius 2 is 1.79 bits per heavy atom. The van der Waals surface area contributed by atoms with Crippen LogP contribution in [0.1, 0.15) is 76.9 Å². The second-order valence-corrected chi connectivity index (χ2v) is 7.16. The van der Waals surface area contributed by atoms with Gasteiger partial charge in [-0.15, -0.1) is 0 Å². The van der Waals surface area contributed by atoms with Gasteiger partial charge in [-0.25, -0.2) is 0 Å². The molecule has 0 radical (unpaired) electrons. The van der Waals surface area contributed by atoms with Crippen LogP contribution < -0.4 is 0 Å². The Labute approximate surface area is 148 Å². The van der Waals surface area contributed by atoms with E-state index in [1.165, 1.54) is 57.1 Å². The third-order valence-electron chi connectivity index (χ3n) is 5.25. The van der Waals surface area contributed by atoms with E-state index in [0.717, 1.165) is 32.2 Å². The number of unbranched alkanes of at least 4 members (excludes halogenated alkanes) is 3. The third-order valence-corrected chi connectivity index (χ3v) is 5.25. The smallest absolute Gasteiger partial charge is 0.0594 e. The van der Waals surface area contributed by atoms with Crippen molar-refractivity contribution >= 4 is 0 Å². The van der Waals surface area contributed by atoms with E-state index in [4.69, 9.17) is 9.72 Å². The van der Waals surface area contributed by atoms with Crippen LogP contribution in [0.5, 0.6) is 0 Å². The molecule has 1 aromatic rings. The lowest BCUT2D eigenvalue weighted by Crippen LogP contribution is -2.40. The summed E-state index contributed by atoms with van der Waals surface area (Å²) in [5.74, 6) is 0.825. The van der Waals surface area contributed by atoms with Crippen LogP contribution in [0.2, 0.25) is 0 Å². The van der Waals surface area contributed by atoms with Gasteiger partial charge in [0, 0.05) is 19.3 Å². The number of nitrogens with zero attached hydrogens (tertiary/aromatic N) is 2. The maximum Gasteiger partial charge on any atom is 0.0594 e. The molecule has 3 nitrogen and oxygen atoms in total. The number of rotatable bonds is 11. The maximum atomic E-state index is 5.57. The molecule has 0 aliphatic carbocycles. The molecule has 0 bridgehead atoms. The minimum absolute atomic E-state index is 0.457. The van der Waals surface area contributed by atoms with Crippen molar-refractivity contribution in [3.8, 4) is 0 Å². The Kier molecular flexibility index (Phi) is 9.37. The summed E-state index contributed by atoms with van der Waals surface area (Å²) < 4.78 is 5.57. The third kappa shape index (κ3) is 6.52. The van der Waals surface area contributed by atoms with E-state index < -0.39 is 0 Å². The van der Waals surface area contributed by atoms with E-state index in [1.807, 2.05) is 12.3 Å². The lowest BCUT2D eigenvalue weighted by Gasteiger charge is -2.36. The Morgan fingerprint density at radius 1 is 1.04 bits per heavy atom. The van der Waals surface area contributed by atoms with E-state index in [-0.39, 0.29) is 0 Å². The van der Waals surface area contributed by atoms with E-state index in [9.17, 15) is 0 Å². The van der Waals surface area contributed by atoms with E-state index in [0.29, 0.717) is 6.04 Å². The molecule has 2 rings (SSSR count). The molecular formula is C21H36N2O. The first-order chi connectivity index (χ1) is 11.8. The highest BCUT2D eigenvalue weighted by molar-refractivity contribution is 5.09. The molecule has 1 aromatic heterocycles. The first-order valence-corrected chi connectivity index (χ1v) is 10.1. The highest BCUT2D eigenvalue weighted by Gasteiger charge is 2.26. The Bertz CT molecular complexity index is 417. The van der Waals surface area contributed by atoms with Crippen LogP contribution in [0, 0.1) is 5.92 Å². The molecule has 2 unspecified atom stereocenters. The zero-order chi connectivity index (χ0) is 17.0. The summed E-state index contributed by atoms with van der Waals surface area (Å²) in [6.07, 6.45) is 12.7. The number of ether oxygens (including phenoxy) is 1. The van der Waals surface area contributed by atoms with Gasteiger partial charge in [0.25, 0.3) is 0 Å². The van der Waals surface area contributed by atoms with Crippen molar-refractivity contribution in [1.29, 1.82) is 0 Å². The lowest BCUT2D eigenvalue weighted by atomic mass is 9.87. The van der Waals surface area contributed by atoms with Gasteiger partial charge in [0.05, 0.1) is 24.9 Å². The van der Waals surface area contributed by atoms with Gasteiger partial charge in [-0.1, -0.05) is 64.9 Å².